The van der Waals surface area contributed by atoms with Crippen LogP contribution in [0.5, 0.6) is 0 Å². The summed E-state index contributed by atoms with van der Waals surface area (Å²) in [5, 5.41) is 4.95. The molecule has 2 rings (SSSR count). The van der Waals surface area contributed by atoms with Gasteiger partial charge in [-0.2, -0.15) is 0 Å². The molecule has 27 heavy (non-hydrogen) atoms. The maximum absolute atomic E-state index is 13.5. The van der Waals surface area contributed by atoms with Gasteiger partial charge in [0.05, 0.1) is 0 Å². The van der Waals surface area contributed by atoms with Gasteiger partial charge in [0.2, 0.25) is 11.8 Å². The van der Waals surface area contributed by atoms with E-state index in [-0.39, 0.29) is 5.56 Å². The number of hydrogen-bond acceptors (Lipinski definition) is 2. The molecule has 0 radical (unpaired) electrons. The van der Waals surface area contributed by atoms with E-state index in [4.69, 9.17) is 0 Å². The summed E-state index contributed by atoms with van der Waals surface area (Å²) in [6.07, 6.45) is 2.29. The first-order valence-electron chi connectivity index (χ1n) is 8.60. The molecule has 142 valence electrons. The molecule has 0 aliphatic carbocycles. The van der Waals surface area contributed by atoms with Crippen molar-refractivity contribution in [2.75, 3.05) is 7.05 Å². The number of nitrogens with one attached hydrogen (secondary N) is 2. The third kappa shape index (κ3) is 5.23. The van der Waals surface area contributed by atoms with Crippen molar-refractivity contribution >= 4 is 17.4 Å². The van der Waals surface area contributed by atoms with Crippen LogP contribution in [0.4, 0.5) is 8.78 Å². The van der Waals surface area contributed by atoms with Crippen molar-refractivity contribution in [3.05, 3.63) is 76.9 Å². The highest BCUT2D eigenvalue weighted by Gasteiger charge is 2.22. The first-order chi connectivity index (χ1) is 12.8. The van der Waals surface area contributed by atoms with Crippen LogP contribution in [-0.4, -0.2) is 18.9 Å². The van der Waals surface area contributed by atoms with Gasteiger partial charge in [0, 0.05) is 13.1 Å². The van der Waals surface area contributed by atoms with Crippen molar-refractivity contribution in [2.45, 2.75) is 26.3 Å². The van der Waals surface area contributed by atoms with Crippen molar-refractivity contribution in [1.82, 2.24) is 10.6 Å². The monoisotopic (exact) mass is 372 g/mol. The van der Waals surface area contributed by atoms with Crippen LogP contribution in [0.2, 0.25) is 0 Å². The summed E-state index contributed by atoms with van der Waals surface area (Å²) < 4.78 is 26.7. The normalized spacial score (nSPS) is 12.4. The zero-order valence-electron chi connectivity index (χ0n) is 15.5. The smallest absolute Gasteiger partial charge is 0.246 e. The molecule has 0 spiro atoms. The molecule has 0 bridgehead atoms. The predicted molar refractivity (Wildman–Crippen MR) is 101 cm³/mol. The van der Waals surface area contributed by atoms with Crippen molar-refractivity contribution < 1.29 is 18.4 Å². The summed E-state index contributed by atoms with van der Waals surface area (Å²) in [6, 6.07) is 9.76. The van der Waals surface area contributed by atoms with Gasteiger partial charge in [0.25, 0.3) is 0 Å². The van der Waals surface area contributed by atoms with Crippen LogP contribution >= 0.6 is 0 Å². The van der Waals surface area contributed by atoms with E-state index in [2.05, 4.69) is 17.6 Å². The lowest BCUT2D eigenvalue weighted by atomic mass is 10.0. The maximum atomic E-state index is 13.5. The van der Waals surface area contributed by atoms with E-state index >= 15 is 0 Å². The van der Waals surface area contributed by atoms with Crippen molar-refractivity contribution in [3.8, 4) is 0 Å². The molecule has 0 aromatic heterocycles. The summed E-state index contributed by atoms with van der Waals surface area (Å²) in [5.74, 6) is -3.15. The van der Waals surface area contributed by atoms with Crippen LogP contribution in [-0.2, 0) is 16.0 Å². The minimum Gasteiger partial charge on any atom is -0.357 e. The van der Waals surface area contributed by atoms with Gasteiger partial charge in [-0.3, -0.25) is 9.59 Å². The Bertz CT molecular complexity index is 861. The molecule has 2 N–H and O–H groups in total. The Balaban J connectivity index is 2.21. The number of allylic oxidation sites excluding steroid dienone is 1. The summed E-state index contributed by atoms with van der Waals surface area (Å²) in [5.41, 5.74) is 2.94. The Hall–Kier alpha value is -3.02. The van der Waals surface area contributed by atoms with Gasteiger partial charge in [0.1, 0.15) is 6.04 Å². The standard InChI is InChI=1S/C21H22F2N2O2/c1-4-14-5-7-15(8-6-14)13(2)11-19(26)25-20(21(27)24-3)16-9-10-17(22)18(23)12-16/h5-12,20H,4H2,1-3H3,(H,24,27)(H,25,26)/b13-11+. The molecule has 1 atom stereocenters. The van der Waals surface area contributed by atoms with E-state index in [0.29, 0.717) is 0 Å². The zero-order chi connectivity index (χ0) is 20.0. The van der Waals surface area contributed by atoms with Crippen LogP contribution in [0.3, 0.4) is 0 Å². The van der Waals surface area contributed by atoms with E-state index in [1.54, 1.807) is 6.92 Å². The SMILES string of the molecule is CCc1ccc(/C(C)=C/C(=O)NC(C(=O)NC)c2ccc(F)c(F)c2)cc1. The summed E-state index contributed by atoms with van der Waals surface area (Å²) in [7, 11) is 1.40. The van der Waals surface area contributed by atoms with Crippen molar-refractivity contribution in [3.63, 3.8) is 0 Å². The minimum atomic E-state index is -1.14. The molecule has 0 saturated carbocycles. The summed E-state index contributed by atoms with van der Waals surface area (Å²) >= 11 is 0. The molecule has 0 aliphatic heterocycles. The lowest BCUT2D eigenvalue weighted by molar-refractivity contribution is -0.126. The molecule has 1 unspecified atom stereocenters. The number of hydrogen-bond donors (Lipinski definition) is 2. The van der Waals surface area contributed by atoms with Crippen LogP contribution < -0.4 is 10.6 Å². The first kappa shape index (κ1) is 20.3. The lowest BCUT2D eigenvalue weighted by Crippen LogP contribution is -2.38. The first-order valence-corrected chi connectivity index (χ1v) is 8.60. The zero-order valence-corrected chi connectivity index (χ0v) is 15.5. The van der Waals surface area contributed by atoms with E-state index in [9.17, 15) is 18.4 Å². The number of carbonyl (C=O) groups is 2. The fraction of sp³-hybridized carbons (Fsp3) is 0.238. The van der Waals surface area contributed by atoms with E-state index in [0.717, 1.165) is 29.7 Å². The Labute approximate surface area is 157 Å². The summed E-state index contributed by atoms with van der Waals surface area (Å²) in [4.78, 5) is 24.5. The second kappa shape index (κ2) is 9.07. The average Bonchev–Trinajstić information content (AvgIpc) is 2.67. The van der Waals surface area contributed by atoms with E-state index in [1.807, 2.05) is 24.3 Å². The second-order valence-electron chi connectivity index (χ2n) is 6.11. The van der Waals surface area contributed by atoms with Gasteiger partial charge in [-0.05, 0) is 47.7 Å². The van der Waals surface area contributed by atoms with Crippen LogP contribution in [0.15, 0.2) is 48.5 Å². The van der Waals surface area contributed by atoms with Gasteiger partial charge < -0.3 is 10.6 Å². The number of rotatable bonds is 6. The maximum Gasteiger partial charge on any atom is 0.246 e. The number of amides is 2. The highest BCUT2D eigenvalue weighted by molar-refractivity contribution is 5.98. The lowest BCUT2D eigenvalue weighted by Gasteiger charge is -2.17. The molecule has 4 nitrogen and oxygen atoms in total. The molecule has 6 heteroatoms. The van der Waals surface area contributed by atoms with Gasteiger partial charge >= 0.3 is 0 Å². The largest absolute Gasteiger partial charge is 0.357 e. The van der Waals surface area contributed by atoms with Crippen molar-refractivity contribution in [1.29, 1.82) is 0 Å². The number of likely N-dealkylation sites (N-methyl/N-ethyl adjacent to an activating group) is 1. The molecule has 0 saturated heterocycles. The van der Waals surface area contributed by atoms with Crippen molar-refractivity contribution in [2.24, 2.45) is 0 Å². The molecule has 0 heterocycles. The fourth-order valence-electron chi connectivity index (χ4n) is 2.60. The molecular formula is C21H22F2N2O2. The summed E-state index contributed by atoms with van der Waals surface area (Å²) in [6.45, 7) is 3.84. The van der Waals surface area contributed by atoms with Gasteiger partial charge in [-0.15, -0.1) is 0 Å². The topological polar surface area (TPSA) is 58.2 Å². The average molecular weight is 372 g/mol. The third-order valence-electron chi connectivity index (χ3n) is 4.24. The Morgan fingerprint density at radius 3 is 2.30 bits per heavy atom. The number of halogens is 2. The fourth-order valence-corrected chi connectivity index (χ4v) is 2.60. The van der Waals surface area contributed by atoms with Crippen LogP contribution in [0.25, 0.3) is 5.57 Å². The number of aryl methyl sites for hydroxylation is 1. The van der Waals surface area contributed by atoms with E-state index < -0.39 is 29.5 Å². The Morgan fingerprint density at radius 1 is 1.07 bits per heavy atom. The molecular weight excluding hydrogens is 350 g/mol. The number of carbonyl (C=O) groups excluding carboxylic acids is 2. The molecule has 2 aromatic carbocycles. The Kier molecular flexibility index (Phi) is 6.82. The molecule has 0 fully saturated rings. The quantitative estimate of drug-likeness (QED) is 0.762. The van der Waals surface area contributed by atoms with Gasteiger partial charge in [-0.25, -0.2) is 8.78 Å². The molecule has 2 aromatic rings. The minimum absolute atomic E-state index is 0.153. The predicted octanol–water partition coefficient (Wildman–Crippen LogP) is 3.53. The van der Waals surface area contributed by atoms with E-state index in [1.165, 1.54) is 24.8 Å². The van der Waals surface area contributed by atoms with Crippen LogP contribution in [0, 0.1) is 11.6 Å². The van der Waals surface area contributed by atoms with Crippen LogP contribution in [0.1, 0.15) is 36.6 Å². The van der Waals surface area contributed by atoms with Gasteiger partial charge in [-0.1, -0.05) is 37.3 Å². The number of benzene rings is 2. The highest BCUT2D eigenvalue weighted by atomic mass is 19.2. The second-order valence-corrected chi connectivity index (χ2v) is 6.11. The highest BCUT2D eigenvalue weighted by Crippen LogP contribution is 2.18. The Morgan fingerprint density at radius 2 is 1.74 bits per heavy atom. The third-order valence-corrected chi connectivity index (χ3v) is 4.24. The molecule has 0 aliphatic rings. The van der Waals surface area contributed by atoms with Gasteiger partial charge in [0.15, 0.2) is 11.6 Å². The molecule has 2 amide bonds.